The molecule has 3 unspecified atom stereocenters. The third-order valence-corrected chi connectivity index (χ3v) is 3.96. The monoisotopic (exact) mass is 327 g/mol. The van der Waals surface area contributed by atoms with Crippen LogP contribution in [0, 0.1) is 5.92 Å². The van der Waals surface area contributed by atoms with Gasteiger partial charge in [0.15, 0.2) is 0 Å². The second-order valence-corrected chi connectivity index (χ2v) is 5.89. The summed E-state index contributed by atoms with van der Waals surface area (Å²) < 4.78 is 6.01. The zero-order valence-corrected chi connectivity index (χ0v) is 14.1. The van der Waals surface area contributed by atoms with Crippen LogP contribution in [0.3, 0.4) is 0 Å². The quantitative estimate of drug-likeness (QED) is 0.869. The molecule has 1 fully saturated rings. The molecule has 1 saturated carbocycles. The Morgan fingerprint density at radius 3 is 2.86 bits per heavy atom. The molecule has 22 heavy (non-hydrogen) atoms. The number of amides is 1. The van der Waals surface area contributed by atoms with Gasteiger partial charge in [-0.15, -0.1) is 12.4 Å². The Hall–Kier alpha value is -1.33. The van der Waals surface area contributed by atoms with Crippen LogP contribution in [0.2, 0.25) is 0 Å². The van der Waals surface area contributed by atoms with E-state index in [1.165, 1.54) is 12.8 Å². The summed E-state index contributed by atoms with van der Waals surface area (Å²) >= 11 is 0. The predicted molar refractivity (Wildman–Crippen MR) is 91.1 cm³/mol. The highest BCUT2D eigenvalue weighted by Gasteiger charge is 2.25. The highest BCUT2D eigenvalue weighted by Crippen LogP contribution is 2.27. The van der Waals surface area contributed by atoms with Gasteiger partial charge in [-0.3, -0.25) is 4.79 Å². The molecule has 3 atom stereocenters. The highest BCUT2D eigenvalue weighted by atomic mass is 35.5. The Morgan fingerprint density at radius 2 is 2.27 bits per heavy atom. The molecular weight excluding hydrogens is 302 g/mol. The minimum Gasteiger partial charge on any atom is -0.384 e. The maximum atomic E-state index is 12.3. The molecule has 1 amide bonds. The fourth-order valence-electron chi connectivity index (χ4n) is 2.78. The molecule has 124 valence electrons. The molecule has 3 N–H and O–H groups in total. The summed E-state index contributed by atoms with van der Waals surface area (Å²) in [5.41, 5.74) is 6.18. The van der Waals surface area contributed by atoms with Crippen molar-refractivity contribution in [1.82, 2.24) is 4.98 Å². The summed E-state index contributed by atoms with van der Waals surface area (Å²) in [6.07, 6.45) is 6.57. The molecule has 5 nitrogen and oxygen atoms in total. The van der Waals surface area contributed by atoms with Crippen LogP contribution in [0.25, 0.3) is 0 Å². The van der Waals surface area contributed by atoms with Crippen molar-refractivity contribution in [1.29, 1.82) is 0 Å². The van der Waals surface area contributed by atoms with Crippen molar-refractivity contribution in [2.75, 3.05) is 11.1 Å². The Kier molecular flexibility index (Phi) is 7.62. The van der Waals surface area contributed by atoms with Gasteiger partial charge in [-0.25, -0.2) is 4.98 Å². The lowest BCUT2D eigenvalue weighted by Crippen LogP contribution is -2.35. The number of hydrogen-bond acceptors (Lipinski definition) is 4. The molecule has 1 aromatic heterocycles. The maximum Gasteiger partial charge on any atom is 0.253 e. The SMILES string of the molecule is CCC(OC1CCCC(C)C1)C(=O)Nc1ccc(N)nc1.Cl. The van der Waals surface area contributed by atoms with E-state index in [9.17, 15) is 4.79 Å². The van der Waals surface area contributed by atoms with Crippen molar-refractivity contribution < 1.29 is 9.53 Å². The zero-order valence-electron chi connectivity index (χ0n) is 13.2. The van der Waals surface area contributed by atoms with Crippen molar-refractivity contribution in [2.45, 2.75) is 58.2 Å². The summed E-state index contributed by atoms with van der Waals surface area (Å²) in [7, 11) is 0. The molecule has 0 aliphatic heterocycles. The van der Waals surface area contributed by atoms with Crippen LogP contribution in [0.15, 0.2) is 18.3 Å². The number of carbonyl (C=O) groups excluding carboxylic acids is 1. The molecule has 1 aliphatic rings. The van der Waals surface area contributed by atoms with E-state index in [2.05, 4.69) is 17.2 Å². The summed E-state index contributed by atoms with van der Waals surface area (Å²) in [5, 5.41) is 2.84. The number of aromatic nitrogens is 1. The van der Waals surface area contributed by atoms with E-state index in [1.54, 1.807) is 18.3 Å². The van der Waals surface area contributed by atoms with Crippen LogP contribution in [-0.2, 0) is 9.53 Å². The molecule has 2 rings (SSSR count). The molecule has 1 aliphatic carbocycles. The number of halogens is 1. The Morgan fingerprint density at radius 1 is 1.50 bits per heavy atom. The fraction of sp³-hybridized carbons (Fsp3) is 0.625. The number of hydrogen-bond donors (Lipinski definition) is 2. The first kappa shape index (κ1) is 18.7. The number of nitrogens with two attached hydrogens (primary N) is 1. The summed E-state index contributed by atoms with van der Waals surface area (Å²) in [6, 6.07) is 3.41. The Balaban J connectivity index is 0.00000242. The van der Waals surface area contributed by atoms with Crippen LogP contribution in [-0.4, -0.2) is 23.1 Å². The first-order chi connectivity index (χ1) is 10.1. The summed E-state index contributed by atoms with van der Waals surface area (Å²) in [4.78, 5) is 16.3. The van der Waals surface area contributed by atoms with Crippen molar-refractivity contribution in [2.24, 2.45) is 5.92 Å². The van der Waals surface area contributed by atoms with E-state index in [0.717, 1.165) is 12.8 Å². The number of nitrogens with zero attached hydrogens (tertiary/aromatic N) is 1. The molecular formula is C16H26ClN3O2. The van der Waals surface area contributed by atoms with Gasteiger partial charge in [-0.05, 0) is 37.3 Å². The van der Waals surface area contributed by atoms with Gasteiger partial charge < -0.3 is 15.8 Å². The summed E-state index contributed by atoms with van der Waals surface area (Å²) in [6.45, 7) is 4.22. The zero-order chi connectivity index (χ0) is 15.2. The van der Waals surface area contributed by atoms with Gasteiger partial charge in [0.25, 0.3) is 5.91 Å². The smallest absolute Gasteiger partial charge is 0.253 e. The van der Waals surface area contributed by atoms with Crippen LogP contribution in [0.1, 0.15) is 46.0 Å². The van der Waals surface area contributed by atoms with Crippen molar-refractivity contribution >= 4 is 29.8 Å². The molecule has 0 aromatic carbocycles. The molecule has 1 aromatic rings. The van der Waals surface area contributed by atoms with E-state index >= 15 is 0 Å². The van der Waals surface area contributed by atoms with Crippen LogP contribution >= 0.6 is 12.4 Å². The molecule has 1 heterocycles. The molecule has 6 heteroatoms. The topological polar surface area (TPSA) is 77.2 Å². The maximum absolute atomic E-state index is 12.3. The third kappa shape index (κ3) is 5.46. The average molecular weight is 328 g/mol. The van der Waals surface area contributed by atoms with Crippen molar-refractivity contribution in [3.05, 3.63) is 18.3 Å². The number of nitrogen functional groups attached to an aromatic ring is 1. The first-order valence-electron chi connectivity index (χ1n) is 7.76. The van der Waals surface area contributed by atoms with Crippen molar-refractivity contribution in [3.8, 4) is 0 Å². The van der Waals surface area contributed by atoms with Gasteiger partial charge >= 0.3 is 0 Å². The molecule has 0 spiro atoms. The van der Waals surface area contributed by atoms with Crippen molar-refractivity contribution in [3.63, 3.8) is 0 Å². The van der Waals surface area contributed by atoms with Crippen LogP contribution in [0.5, 0.6) is 0 Å². The number of carbonyl (C=O) groups is 1. The predicted octanol–water partition coefficient (Wildman–Crippen LogP) is 3.40. The van der Waals surface area contributed by atoms with Gasteiger partial charge in [0, 0.05) is 0 Å². The Labute approximate surface area is 138 Å². The average Bonchev–Trinajstić information content (AvgIpc) is 2.47. The highest BCUT2D eigenvalue weighted by molar-refractivity contribution is 5.94. The lowest BCUT2D eigenvalue weighted by atomic mass is 9.88. The fourth-order valence-corrected chi connectivity index (χ4v) is 2.78. The van der Waals surface area contributed by atoms with Gasteiger partial charge in [0.1, 0.15) is 11.9 Å². The van der Waals surface area contributed by atoms with Crippen LogP contribution in [0.4, 0.5) is 11.5 Å². The summed E-state index contributed by atoms with van der Waals surface area (Å²) in [5.74, 6) is 1.01. The number of ether oxygens (including phenoxy) is 1. The number of pyridine rings is 1. The normalized spacial score (nSPS) is 22.5. The minimum atomic E-state index is -0.405. The van der Waals surface area contributed by atoms with Crippen LogP contribution < -0.4 is 11.1 Å². The minimum absolute atomic E-state index is 0. The van der Waals surface area contributed by atoms with Gasteiger partial charge in [-0.1, -0.05) is 26.7 Å². The van der Waals surface area contributed by atoms with E-state index in [1.807, 2.05) is 6.92 Å². The van der Waals surface area contributed by atoms with E-state index in [0.29, 0.717) is 23.8 Å². The molecule has 0 radical (unpaired) electrons. The Bertz CT molecular complexity index is 467. The number of rotatable bonds is 5. The lowest BCUT2D eigenvalue weighted by Gasteiger charge is -2.29. The van der Waals surface area contributed by atoms with E-state index in [-0.39, 0.29) is 24.4 Å². The first-order valence-corrected chi connectivity index (χ1v) is 7.76. The molecule has 0 bridgehead atoms. The standard InChI is InChI=1S/C16H25N3O2.ClH/c1-3-14(21-13-6-4-5-11(2)9-13)16(20)19-12-7-8-15(17)18-10-12;/h7-8,10-11,13-14H,3-6,9H2,1-2H3,(H2,17,18)(H,19,20);1H. The van der Waals surface area contributed by atoms with E-state index in [4.69, 9.17) is 10.5 Å². The second-order valence-electron chi connectivity index (χ2n) is 5.89. The largest absolute Gasteiger partial charge is 0.384 e. The van der Waals surface area contributed by atoms with E-state index < -0.39 is 6.10 Å². The number of anilines is 2. The lowest BCUT2D eigenvalue weighted by molar-refractivity contribution is -0.133. The van der Waals surface area contributed by atoms with Gasteiger partial charge in [0.05, 0.1) is 18.0 Å². The third-order valence-electron chi connectivity index (χ3n) is 3.96. The van der Waals surface area contributed by atoms with Gasteiger partial charge in [-0.2, -0.15) is 0 Å². The molecule has 0 saturated heterocycles. The number of nitrogens with one attached hydrogen (secondary N) is 1. The second kappa shape index (κ2) is 8.96. The van der Waals surface area contributed by atoms with Gasteiger partial charge in [0.2, 0.25) is 0 Å².